The molecule has 0 unspecified atom stereocenters. The Hall–Kier alpha value is -2.17. The Morgan fingerprint density at radius 3 is 2.38 bits per heavy atom. The highest BCUT2D eigenvalue weighted by atomic mass is 16.5. The van der Waals surface area contributed by atoms with E-state index in [2.05, 4.69) is 30.9 Å². The van der Waals surface area contributed by atoms with E-state index in [-0.39, 0.29) is 11.2 Å². The van der Waals surface area contributed by atoms with Gasteiger partial charge in [0.1, 0.15) is 5.82 Å². The first-order chi connectivity index (χ1) is 9.82. The van der Waals surface area contributed by atoms with Crippen LogP contribution in [0.4, 0.5) is 0 Å². The third-order valence-corrected chi connectivity index (χ3v) is 3.15. The van der Waals surface area contributed by atoms with Crippen LogP contribution in [0.2, 0.25) is 0 Å². The third-order valence-electron chi connectivity index (χ3n) is 3.15. The molecule has 0 saturated heterocycles. The van der Waals surface area contributed by atoms with Crippen molar-refractivity contribution in [3.8, 4) is 5.69 Å². The number of carbonyl (C=O) groups is 1. The predicted octanol–water partition coefficient (Wildman–Crippen LogP) is 3.05. The molecule has 0 aliphatic carbocycles. The number of hydrogen-bond acceptors (Lipinski definition) is 4. The van der Waals surface area contributed by atoms with Crippen molar-refractivity contribution < 1.29 is 9.53 Å². The van der Waals surface area contributed by atoms with Crippen LogP contribution in [-0.4, -0.2) is 27.3 Å². The molecule has 0 saturated carbocycles. The van der Waals surface area contributed by atoms with Gasteiger partial charge in [0.15, 0.2) is 0 Å². The lowest BCUT2D eigenvalue weighted by Gasteiger charge is -2.19. The van der Waals surface area contributed by atoms with Gasteiger partial charge in [-0.25, -0.2) is 14.5 Å². The molecule has 1 heterocycles. The predicted molar refractivity (Wildman–Crippen MR) is 80.8 cm³/mol. The molecule has 1 aromatic carbocycles. The van der Waals surface area contributed by atoms with E-state index in [4.69, 9.17) is 4.74 Å². The molecule has 0 N–H and O–H groups in total. The summed E-state index contributed by atoms with van der Waals surface area (Å²) in [7, 11) is 0. The molecule has 2 aromatic rings. The van der Waals surface area contributed by atoms with Crippen LogP contribution in [0.5, 0.6) is 0 Å². The van der Waals surface area contributed by atoms with Gasteiger partial charge in [-0.2, -0.15) is 5.10 Å². The Balaban J connectivity index is 2.40. The summed E-state index contributed by atoms with van der Waals surface area (Å²) >= 11 is 0. The number of carbonyl (C=O) groups excluding carboxylic acids is 1. The summed E-state index contributed by atoms with van der Waals surface area (Å²) in [5, 5.41) is 4.28. The van der Waals surface area contributed by atoms with Gasteiger partial charge in [0.2, 0.25) is 5.82 Å². The Morgan fingerprint density at radius 2 is 1.86 bits per heavy atom. The lowest BCUT2D eigenvalue weighted by atomic mass is 9.87. The number of esters is 1. The molecular formula is C16H21N3O2. The SMILES string of the molecule is CCOC(=O)c1nc(C)nn1-c1ccc(C(C)(C)C)cc1. The fraction of sp³-hybridized carbons (Fsp3) is 0.438. The summed E-state index contributed by atoms with van der Waals surface area (Å²) in [6, 6.07) is 7.97. The molecule has 0 fully saturated rings. The quantitative estimate of drug-likeness (QED) is 0.814. The van der Waals surface area contributed by atoms with E-state index in [9.17, 15) is 4.79 Å². The Bertz CT molecular complexity index is 637. The maximum absolute atomic E-state index is 11.9. The Morgan fingerprint density at radius 1 is 1.24 bits per heavy atom. The van der Waals surface area contributed by atoms with Crippen molar-refractivity contribution in [1.29, 1.82) is 0 Å². The molecule has 21 heavy (non-hydrogen) atoms. The summed E-state index contributed by atoms with van der Waals surface area (Å²) in [5.41, 5.74) is 2.10. The fourth-order valence-electron chi connectivity index (χ4n) is 2.03. The van der Waals surface area contributed by atoms with Crippen LogP contribution in [0.1, 0.15) is 49.7 Å². The van der Waals surface area contributed by atoms with Crippen molar-refractivity contribution >= 4 is 5.97 Å². The summed E-state index contributed by atoms with van der Waals surface area (Å²) < 4.78 is 6.55. The number of benzene rings is 1. The highest BCUT2D eigenvalue weighted by Gasteiger charge is 2.19. The second kappa shape index (κ2) is 5.68. The van der Waals surface area contributed by atoms with Gasteiger partial charge in [0.25, 0.3) is 0 Å². The van der Waals surface area contributed by atoms with E-state index >= 15 is 0 Å². The minimum absolute atomic E-state index is 0.0841. The van der Waals surface area contributed by atoms with E-state index in [0.717, 1.165) is 5.69 Å². The van der Waals surface area contributed by atoms with Gasteiger partial charge in [-0.1, -0.05) is 32.9 Å². The highest BCUT2D eigenvalue weighted by Crippen LogP contribution is 2.23. The second-order valence-corrected chi connectivity index (χ2v) is 5.91. The average molecular weight is 287 g/mol. The van der Waals surface area contributed by atoms with Gasteiger partial charge in [-0.05, 0) is 37.0 Å². The monoisotopic (exact) mass is 287 g/mol. The van der Waals surface area contributed by atoms with Crippen molar-refractivity contribution in [2.24, 2.45) is 0 Å². The molecule has 0 spiro atoms. The van der Waals surface area contributed by atoms with E-state index in [1.807, 2.05) is 24.3 Å². The molecule has 0 aliphatic heterocycles. The summed E-state index contributed by atoms with van der Waals surface area (Å²) in [6.07, 6.45) is 0. The average Bonchev–Trinajstić information content (AvgIpc) is 2.80. The zero-order chi connectivity index (χ0) is 15.6. The first-order valence-corrected chi connectivity index (χ1v) is 7.04. The first kappa shape index (κ1) is 15.2. The van der Waals surface area contributed by atoms with Crippen LogP contribution >= 0.6 is 0 Å². The number of aryl methyl sites for hydroxylation is 1. The smallest absolute Gasteiger partial charge is 0.376 e. The zero-order valence-corrected chi connectivity index (χ0v) is 13.2. The van der Waals surface area contributed by atoms with E-state index < -0.39 is 5.97 Å². The Kier molecular flexibility index (Phi) is 4.11. The maximum atomic E-state index is 11.9. The van der Waals surface area contributed by atoms with Crippen LogP contribution in [-0.2, 0) is 10.2 Å². The summed E-state index contributed by atoms with van der Waals surface area (Å²) in [5.74, 6) is 0.286. The van der Waals surface area contributed by atoms with Crippen molar-refractivity contribution in [3.63, 3.8) is 0 Å². The van der Waals surface area contributed by atoms with E-state index in [1.165, 1.54) is 10.2 Å². The molecule has 2 rings (SSSR count). The molecule has 5 nitrogen and oxygen atoms in total. The molecule has 5 heteroatoms. The standard InChI is InChI=1S/C16H21N3O2/c1-6-21-15(20)14-17-11(2)18-19(14)13-9-7-12(8-10-13)16(3,4)5/h7-10H,6H2,1-5H3. The molecule has 0 aliphatic rings. The minimum atomic E-state index is -0.460. The maximum Gasteiger partial charge on any atom is 0.376 e. The normalized spacial score (nSPS) is 11.5. The van der Waals surface area contributed by atoms with Crippen LogP contribution < -0.4 is 0 Å². The first-order valence-electron chi connectivity index (χ1n) is 7.04. The minimum Gasteiger partial charge on any atom is -0.460 e. The van der Waals surface area contributed by atoms with Crippen LogP contribution in [0, 0.1) is 6.92 Å². The third kappa shape index (κ3) is 3.29. The molecule has 0 radical (unpaired) electrons. The largest absolute Gasteiger partial charge is 0.460 e. The van der Waals surface area contributed by atoms with Gasteiger partial charge < -0.3 is 4.74 Å². The lowest BCUT2D eigenvalue weighted by molar-refractivity contribution is 0.0508. The zero-order valence-electron chi connectivity index (χ0n) is 13.2. The van der Waals surface area contributed by atoms with E-state index in [1.54, 1.807) is 13.8 Å². The molecule has 1 aromatic heterocycles. The van der Waals surface area contributed by atoms with Crippen molar-refractivity contribution in [3.05, 3.63) is 41.5 Å². The van der Waals surface area contributed by atoms with Gasteiger partial charge in [-0.3, -0.25) is 0 Å². The fourth-order valence-corrected chi connectivity index (χ4v) is 2.03. The summed E-state index contributed by atoms with van der Waals surface area (Å²) in [6.45, 7) is 10.3. The van der Waals surface area contributed by atoms with Crippen LogP contribution in [0.25, 0.3) is 5.69 Å². The molecule has 0 bridgehead atoms. The number of nitrogens with zero attached hydrogens (tertiary/aromatic N) is 3. The lowest BCUT2D eigenvalue weighted by Crippen LogP contribution is -2.14. The number of ether oxygens (including phenoxy) is 1. The van der Waals surface area contributed by atoms with Gasteiger partial charge in [0, 0.05) is 0 Å². The van der Waals surface area contributed by atoms with Crippen molar-refractivity contribution in [2.45, 2.75) is 40.0 Å². The van der Waals surface area contributed by atoms with Gasteiger partial charge >= 0.3 is 5.97 Å². The molecule has 0 atom stereocenters. The van der Waals surface area contributed by atoms with E-state index in [0.29, 0.717) is 12.4 Å². The summed E-state index contributed by atoms with van der Waals surface area (Å²) in [4.78, 5) is 16.1. The van der Waals surface area contributed by atoms with Crippen molar-refractivity contribution in [2.75, 3.05) is 6.61 Å². The van der Waals surface area contributed by atoms with Gasteiger partial charge in [0.05, 0.1) is 12.3 Å². The van der Waals surface area contributed by atoms with Crippen LogP contribution in [0.3, 0.4) is 0 Å². The number of aromatic nitrogens is 3. The molecule has 0 amide bonds. The molecular weight excluding hydrogens is 266 g/mol. The molecule has 112 valence electrons. The van der Waals surface area contributed by atoms with Crippen molar-refractivity contribution in [1.82, 2.24) is 14.8 Å². The van der Waals surface area contributed by atoms with Gasteiger partial charge in [-0.15, -0.1) is 0 Å². The number of rotatable bonds is 3. The number of hydrogen-bond donors (Lipinski definition) is 0. The highest BCUT2D eigenvalue weighted by molar-refractivity contribution is 5.86. The Labute approximate surface area is 125 Å². The topological polar surface area (TPSA) is 57.0 Å². The van der Waals surface area contributed by atoms with Crippen LogP contribution in [0.15, 0.2) is 24.3 Å². The second-order valence-electron chi connectivity index (χ2n) is 5.91.